The van der Waals surface area contributed by atoms with Crippen LogP contribution in [0.3, 0.4) is 0 Å². The number of nitrogens with zero attached hydrogens (tertiary/aromatic N) is 2. The van der Waals surface area contributed by atoms with E-state index in [0.29, 0.717) is 37.5 Å². The number of hydrogen-bond acceptors (Lipinski definition) is 6. The molecule has 1 aromatic heterocycles. The van der Waals surface area contributed by atoms with E-state index in [2.05, 4.69) is 15.5 Å². The summed E-state index contributed by atoms with van der Waals surface area (Å²) >= 11 is 0. The monoisotopic (exact) mass is 265 g/mol. The van der Waals surface area contributed by atoms with Crippen LogP contribution in [0.1, 0.15) is 37.5 Å². The van der Waals surface area contributed by atoms with Crippen molar-refractivity contribution in [3.8, 4) is 0 Å². The molecule has 2 aliphatic carbocycles. The molecule has 1 N–H and O–H groups in total. The van der Waals surface area contributed by atoms with Crippen molar-refractivity contribution in [2.75, 3.05) is 7.11 Å². The van der Waals surface area contributed by atoms with Gasteiger partial charge in [-0.25, -0.2) is 0 Å². The number of amides is 1. The summed E-state index contributed by atoms with van der Waals surface area (Å²) in [6.07, 6.45) is 2.96. The van der Waals surface area contributed by atoms with E-state index in [-0.39, 0.29) is 12.4 Å². The van der Waals surface area contributed by atoms with Crippen molar-refractivity contribution in [1.82, 2.24) is 15.5 Å². The maximum atomic E-state index is 12.3. The van der Waals surface area contributed by atoms with Crippen LogP contribution in [0.2, 0.25) is 0 Å². The summed E-state index contributed by atoms with van der Waals surface area (Å²) in [6, 6.07) is 0. The van der Waals surface area contributed by atoms with Gasteiger partial charge in [0.25, 0.3) is 0 Å². The average Bonchev–Trinajstić information content (AvgIpc) is 3.02. The minimum Gasteiger partial charge on any atom is -0.422 e. The number of rotatable bonds is 5. The van der Waals surface area contributed by atoms with Gasteiger partial charge in [0.1, 0.15) is 12.0 Å². The van der Waals surface area contributed by atoms with E-state index in [1.165, 1.54) is 7.11 Å². The molecule has 2 atom stereocenters. The molecule has 1 heterocycles. The van der Waals surface area contributed by atoms with Crippen LogP contribution in [0.25, 0.3) is 0 Å². The second-order valence-corrected chi connectivity index (χ2v) is 5.34. The topological polar surface area (TPSA) is 94.3 Å². The second kappa shape index (κ2) is 4.12. The van der Waals surface area contributed by atoms with Gasteiger partial charge in [-0.3, -0.25) is 9.59 Å². The first-order valence-corrected chi connectivity index (χ1v) is 6.21. The van der Waals surface area contributed by atoms with Crippen molar-refractivity contribution in [2.45, 2.75) is 43.2 Å². The first kappa shape index (κ1) is 12.3. The number of nitrogens with one attached hydrogen (secondary N) is 1. The Balaban J connectivity index is 1.91. The number of hydrogen-bond donors (Lipinski definition) is 1. The number of carbonyl (C=O) groups is 2. The summed E-state index contributed by atoms with van der Waals surface area (Å²) in [4.78, 5) is 23.0. The average molecular weight is 265 g/mol. The van der Waals surface area contributed by atoms with Gasteiger partial charge in [0.2, 0.25) is 18.2 Å². The zero-order valence-electron chi connectivity index (χ0n) is 10.6. The first-order chi connectivity index (χ1) is 9.14. The Morgan fingerprint density at radius 3 is 3.00 bits per heavy atom. The highest BCUT2D eigenvalue weighted by Crippen LogP contribution is 2.54. The van der Waals surface area contributed by atoms with Crippen LogP contribution >= 0.6 is 0 Å². The lowest BCUT2D eigenvalue weighted by molar-refractivity contribution is -0.124. The predicted octanol–water partition coefficient (Wildman–Crippen LogP) is 0.0953. The molecule has 2 saturated carbocycles. The van der Waals surface area contributed by atoms with E-state index in [9.17, 15) is 9.59 Å². The van der Waals surface area contributed by atoms with Crippen LogP contribution in [-0.2, 0) is 26.3 Å². The zero-order chi connectivity index (χ0) is 13.5. The maximum Gasteiger partial charge on any atom is 0.242 e. The van der Waals surface area contributed by atoms with Gasteiger partial charge in [0.15, 0.2) is 5.78 Å². The number of ether oxygens (including phenoxy) is 1. The van der Waals surface area contributed by atoms with Crippen molar-refractivity contribution >= 4 is 12.2 Å². The van der Waals surface area contributed by atoms with E-state index >= 15 is 0 Å². The molecule has 3 rings (SSSR count). The highest BCUT2D eigenvalue weighted by atomic mass is 16.5. The third-order valence-electron chi connectivity index (χ3n) is 4.21. The lowest BCUT2D eigenvalue weighted by Crippen LogP contribution is -2.41. The molecule has 0 radical (unpaired) electrons. The summed E-state index contributed by atoms with van der Waals surface area (Å²) in [5.74, 6) is 0.796. The number of carbonyl (C=O) groups excluding carboxylic acids is 2. The van der Waals surface area contributed by atoms with Gasteiger partial charge in [0, 0.05) is 19.1 Å². The Labute approximate surface area is 109 Å². The fourth-order valence-electron chi connectivity index (χ4n) is 3.30. The Bertz CT molecular complexity index is 529. The molecule has 7 heteroatoms. The van der Waals surface area contributed by atoms with Crippen molar-refractivity contribution in [3.63, 3.8) is 0 Å². The van der Waals surface area contributed by atoms with E-state index in [1.54, 1.807) is 0 Å². The molecule has 1 unspecified atom stereocenters. The number of aromatic nitrogens is 2. The summed E-state index contributed by atoms with van der Waals surface area (Å²) < 4.78 is 10.5. The molecule has 19 heavy (non-hydrogen) atoms. The zero-order valence-corrected chi connectivity index (χ0v) is 10.6. The van der Waals surface area contributed by atoms with Crippen LogP contribution < -0.4 is 5.32 Å². The Hall–Kier alpha value is -1.76. The summed E-state index contributed by atoms with van der Waals surface area (Å²) in [5, 5.41) is 10.7. The molecule has 0 aromatic carbocycles. The summed E-state index contributed by atoms with van der Waals surface area (Å²) in [5.41, 5.74) is -1.14. The Morgan fingerprint density at radius 1 is 1.47 bits per heavy atom. The van der Waals surface area contributed by atoms with Crippen LogP contribution in [-0.4, -0.2) is 35.0 Å². The van der Waals surface area contributed by atoms with Gasteiger partial charge >= 0.3 is 0 Å². The Kier molecular flexibility index (Phi) is 2.67. The molecule has 1 amide bonds. The van der Waals surface area contributed by atoms with E-state index in [0.717, 1.165) is 6.42 Å². The smallest absolute Gasteiger partial charge is 0.242 e. The predicted molar refractivity (Wildman–Crippen MR) is 62.1 cm³/mol. The van der Waals surface area contributed by atoms with Crippen LogP contribution in [0.15, 0.2) is 4.42 Å². The van der Waals surface area contributed by atoms with Gasteiger partial charge in [-0.15, -0.1) is 10.2 Å². The van der Waals surface area contributed by atoms with Crippen LogP contribution in [0.5, 0.6) is 0 Å². The highest BCUT2D eigenvalue weighted by Gasteiger charge is 2.63. The van der Waals surface area contributed by atoms with Crippen molar-refractivity contribution < 1.29 is 18.7 Å². The fraction of sp³-hybridized carbons (Fsp3) is 0.667. The third-order valence-corrected chi connectivity index (χ3v) is 4.21. The van der Waals surface area contributed by atoms with Crippen molar-refractivity contribution in [1.29, 1.82) is 0 Å². The minimum atomic E-state index is -0.713. The Morgan fingerprint density at radius 2 is 2.32 bits per heavy atom. The van der Waals surface area contributed by atoms with Crippen molar-refractivity contribution in [2.24, 2.45) is 0 Å². The van der Waals surface area contributed by atoms with Crippen LogP contribution in [0, 0.1) is 0 Å². The summed E-state index contributed by atoms with van der Waals surface area (Å²) in [6.45, 7) is 0.231. The van der Waals surface area contributed by atoms with Gasteiger partial charge in [-0.05, 0) is 19.3 Å². The third kappa shape index (κ3) is 1.68. The molecule has 102 valence electrons. The minimum absolute atomic E-state index is 0.0701. The standard InChI is InChI=1S/C12H15N3O4/c1-18-5-9-14-15-10(19-9)12-3-2-11(6-12,13-7-16)4-8(12)17/h7H,2-6H2,1H3,(H,13,16)/t11?,12-/m1/s1. The molecule has 2 aliphatic rings. The van der Waals surface area contributed by atoms with Crippen molar-refractivity contribution in [3.05, 3.63) is 11.8 Å². The fourth-order valence-corrected chi connectivity index (χ4v) is 3.30. The maximum absolute atomic E-state index is 12.3. The molecule has 0 aliphatic heterocycles. The lowest BCUT2D eigenvalue weighted by atomic mass is 9.82. The molecule has 1 aromatic rings. The highest BCUT2D eigenvalue weighted by molar-refractivity contribution is 5.94. The van der Waals surface area contributed by atoms with E-state index in [1.807, 2.05) is 0 Å². The quantitative estimate of drug-likeness (QED) is 0.758. The first-order valence-electron chi connectivity index (χ1n) is 6.21. The largest absolute Gasteiger partial charge is 0.422 e. The number of Topliss-reactive ketones (excluding diaryl/α,β-unsaturated/α-hetero) is 1. The SMILES string of the molecule is COCc1nnc([C@@]23CCC(NC=O)(CC2=O)C3)o1. The molecule has 2 bridgehead atoms. The van der Waals surface area contributed by atoms with E-state index in [4.69, 9.17) is 9.15 Å². The van der Waals surface area contributed by atoms with Gasteiger partial charge in [-0.1, -0.05) is 0 Å². The van der Waals surface area contributed by atoms with E-state index < -0.39 is 11.0 Å². The molecule has 0 spiro atoms. The van der Waals surface area contributed by atoms with Gasteiger partial charge < -0.3 is 14.5 Å². The summed E-state index contributed by atoms with van der Waals surface area (Å²) in [7, 11) is 1.54. The molecule has 0 saturated heterocycles. The number of methoxy groups -OCH3 is 1. The van der Waals surface area contributed by atoms with Gasteiger partial charge in [0.05, 0.1) is 0 Å². The molecular weight excluding hydrogens is 250 g/mol. The number of ketones is 1. The molecular formula is C12H15N3O4. The number of fused-ring (bicyclic) bond motifs is 2. The molecule has 7 nitrogen and oxygen atoms in total. The van der Waals surface area contributed by atoms with Gasteiger partial charge in [-0.2, -0.15) is 0 Å². The van der Waals surface area contributed by atoms with Crippen LogP contribution in [0.4, 0.5) is 0 Å². The molecule has 2 fully saturated rings. The second-order valence-electron chi connectivity index (χ2n) is 5.34. The lowest BCUT2D eigenvalue weighted by Gasteiger charge is -2.24. The normalized spacial score (nSPS) is 32.8.